The molecular weight excluding hydrogens is 400 g/mol. The van der Waals surface area contributed by atoms with Crippen molar-refractivity contribution in [1.82, 2.24) is 20.3 Å². The number of ether oxygens (including phenoxy) is 1. The number of urea groups is 1. The lowest BCUT2D eigenvalue weighted by molar-refractivity contribution is 0.132. The van der Waals surface area contributed by atoms with Crippen LogP contribution in [0.3, 0.4) is 0 Å². The van der Waals surface area contributed by atoms with Gasteiger partial charge in [0.15, 0.2) is 0 Å². The van der Waals surface area contributed by atoms with Crippen LogP contribution in [0.2, 0.25) is 0 Å². The summed E-state index contributed by atoms with van der Waals surface area (Å²) in [6.07, 6.45) is 5.55. The average molecular weight is 425 g/mol. The summed E-state index contributed by atoms with van der Waals surface area (Å²) in [6, 6.07) is 8.72. The molecule has 2 atom stereocenters. The maximum Gasteiger partial charge on any atom is 0.326 e. The second-order valence-electron chi connectivity index (χ2n) is 7.03. The molecule has 8 nitrogen and oxygen atoms in total. The van der Waals surface area contributed by atoms with E-state index in [9.17, 15) is 4.79 Å². The third kappa shape index (κ3) is 5.11. The molecule has 0 saturated carbocycles. The zero-order valence-corrected chi connectivity index (χ0v) is 17.5. The fraction of sp³-hybridized carbons (Fsp3) is 0.333. The quantitative estimate of drug-likeness (QED) is 0.530. The van der Waals surface area contributed by atoms with Crippen molar-refractivity contribution in [2.24, 2.45) is 5.92 Å². The van der Waals surface area contributed by atoms with Gasteiger partial charge in [0.25, 0.3) is 0 Å². The molecule has 30 heavy (non-hydrogen) atoms. The molecule has 1 saturated heterocycles. The number of aromatic nitrogens is 3. The number of carbonyl (C=O) groups excluding carboxylic acids is 1. The van der Waals surface area contributed by atoms with E-state index >= 15 is 0 Å². The van der Waals surface area contributed by atoms with E-state index in [0.717, 1.165) is 36.5 Å². The zero-order chi connectivity index (χ0) is 20.8. The first kappa shape index (κ1) is 20.2. The van der Waals surface area contributed by atoms with E-state index in [2.05, 4.69) is 37.8 Å². The van der Waals surface area contributed by atoms with Gasteiger partial charge >= 0.3 is 6.03 Å². The molecule has 2 amide bonds. The molecule has 4 rings (SSSR count). The highest BCUT2D eigenvalue weighted by Gasteiger charge is 2.25. The summed E-state index contributed by atoms with van der Waals surface area (Å²) in [6.45, 7) is 4.11. The molecule has 1 aliphatic heterocycles. The summed E-state index contributed by atoms with van der Waals surface area (Å²) >= 11 is 1.45. The average Bonchev–Trinajstić information content (AvgIpc) is 3.45. The van der Waals surface area contributed by atoms with Gasteiger partial charge < -0.3 is 10.1 Å². The minimum absolute atomic E-state index is 0.109. The molecule has 0 bridgehead atoms. The molecule has 0 radical (unpaired) electrons. The summed E-state index contributed by atoms with van der Waals surface area (Å²) in [7, 11) is 0. The van der Waals surface area contributed by atoms with Crippen LogP contribution in [-0.2, 0) is 0 Å². The molecule has 0 aliphatic carbocycles. The van der Waals surface area contributed by atoms with Gasteiger partial charge in [-0.1, -0.05) is 13.0 Å². The first-order valence-electron chi connectivity index (χ1n) is 9.99. The number of pyridine rings is 2. The highest BCUT2D eigenvalue weighted by atomic mass is 32.1. The Morgan fingerprint density at radius 1 is 1.23 bits per heavy atom. The van der Waals surface area contributed by atoms with Crippen LogP contribution in [0.1, 0.15) is 19.8 Å². The van der Waals surface area contributed by atoms with Gasteiger partial charge in [0.05, 0.1) is 0 Å². The van der Waals surface area contributed by atoms with Crippen LogP contribution in [0.4, 0.5) is 16.4 Å². The van der Waals surface area contributed by atoms with Crippen molar-refractivity contribution in [3.8, 4) is 16.5 Å². The molecule has 1 aliphatic rings. The molecular formula is C21H24N6O2S. The van der Waals surface area contributed by atoms with E-state index in [1.165, 1.54) is 11.3 Å². The van der Waals surface area contributed by atoms with Crippen molar-refractivity contribution < 1.29 is 9.53 Å². The van der Waals surface area contributed by atoms with Crippen LogP contribution in [0.15, 0.2) is 48.1 Å². The summed E-state index contributed by atoms with van der Waals surface area (Å²) in [5, 5.41) is 11.5. The van der Waals surface area contributed by atoms with E-state index in [0.29, 0.717) is 23.4 Å². The van der Waals surface area contributed by atoms with E-state index in [-0.39, 0.29) is 6.10 Å². The molecule has 0 aromatic carbocycles. The summed E-state index contributed by atoms with van der Waals surface area (Å²) in [5.41, 5.74) is 0.956. The Morgan fingerprint density at radius 3 is 2.83 bits per heavy atom. The summed E-state index contributed by atoms with van der Waals surface area (Å²) in [4.78, 5) is 25.2. The number of anilines is 2. The molecule has 9 heteroatoms. The highest BCUT2D eigenvalue weighted by Crippen LogP contribution is 2.25. The maximum atomic E-state index is 12.4. The van der Waals surface area contributed by atoms with Gasteiger partial charge in [0, 0.05) is 41.9 Å². The van der Waals surface area contributed by atoms with E-state index in [1.807, 2.05) is 24.3 Å². The Morgan fingerprint density at radius 2 is 2.07 bits per heavy atom. The third-order valence-corrected chi connectivity index (χ3v) is 5.83. The lowest BCUT2D eigenvalue weighted by Crippen LogP contribution is -2.28. The SMILES string of the molecule is CCC(Oc1cccc(NC(=O)Nc2csc(-c3ccncc3)n2)n1)C1CCNC1. The second kappa shape index (κ2) is 9.64. The Kier molecular flexibility index (Phi) is 6.50. The zero-order valence-electron chi connectivity index (χ0n) is 16.7. The van der Waals surface area contributed by atoms with Gasteiger partial charge in [-0.25, -0.2) is 9.78 Å². The largest absolute Gasteiger partial charge is 0.474 e. The molecule has 2 unspecified atom stereocenters. The summed E-state index contributed by atoms with van der Waals surface area (Å²) in [5.74, 6) is 1.90. The molecule has 156 valence electrons. The second-order valence-corrected chi connectivity index (χ2v) is 7.89. The Bertz CT molecular complexity index is 974. The van der Waals surface area contributed by atoms with Crippen molar-refractivity contribution >= 4 is 29.0 Å². The van der Waals surface area contributed by atoms with Crippen molar-refractivity contribution in [2.75, 3.05) is 23.7 Å². The van der Waals surface area contributed by atoms with E-state index < -0.39 is 6.03 Å². The van der Waals surface area contributed by atoms with Gasteiger partial charge in [0.1, 0.15) is 22.7 Å². The number of nitrogens with zero attached hydrogens (tertiary/aromatic N) is 3. The van der Waals surface area contributed by atoms with Crippen LogP contribution in [-0.4, -0.2) is 40.2 Å². The monoisotopic (exact) mass is 424 g/mol. The first-order valence-corrected chi connectivity index (χ1v) is 10.9. The van der Waals surface area contributed by atoms with E-state index in [4.69, 9.17) is 4.74 Å². The predicted octanol–water partition coefficient (Wildman–Crippen LogP) is 4.01. The van der Waals surface area contributed by atoms with Gasteiger partial charge in [-0.3, -0.25) is 15.6 Å². The van der Waals surface area contributed by atoms with Crippen LogP contribution in [0.25, 0.3) is 10.6 Å². The minimum atomic E-state index is -0.404. The number of thiazole rings is 1. The molecule has 3 aromatic heterocycles. The maximum absolute atomic E-state index is 12.4. The Balaban J connectivity index is 1.35. The standard InChI is InChI=1S/C21H24N6O2S/c1-2-16(15-8-11-23-12-15)29-19-5-3-4-17(24-19)26-21(28)27-18-13-30-20(25-18)14-6-9-22-10-7-14/h3-7,9-10,13,15-16,23H,2,8,11-12H2,1H3,(H2,24,26,27,28). The van der Waals surface area contributed by atoms with Crippen molar-refractivity contribution in [2.45, 2.75) is 25.9 Å². The highest BCUT2D eigenvalue weighted by molar-refractivity contribution is 7.13. The number of nitrogens with one attached hydrogen (secondary N) is 3. The first-order chi connectivity index (χ1) is 14.7. The third-order valence-electron chi connectivity index (χ3n) is 4.94. The minimum Gasteiger partial charge on any atom is -0.474 e. The lowest BCUT2D eigenvalue weighted by atomic mass is 9.99. The molecule has 4 heterocycles. The number of rotatable bonds is 7. The summed E-state index contributed by atoms with van der Waals surface area (Å²) < 4.78 is 6.10. The van der Waals surface area contributed by atoms with Gasteiger partial charge in [0.2, 0.25) is 5.88 Å². The number of hydrogen-bond donors (Lipinski definition) is 3. The number of carbonyl (C=O) groups is 1. The normalized spacial score (nSPS) is 16.8. The van der Waals surface area contributed by atoms with Crippen LogP contribution in [0, 0.1) is 5.92 Å². The van der Waals surface area contributed by atoms with Crippen molar-refractivity contribution in [3.05, 3.63) is 48.1 Å². The Labute approximate surface area is 179 Å². The van der Waals surface area contributed by atoms with Crippen LogP contribution < -0.4 is 20.7 Å². The topological polar surface area (TPSA) is 101 Å². The Hall–Kier alpha value is -3.04. The van der Waals surface area contributed by atoms with Crippen molar-refractivity contribution in [3.63, 3.8) is 0 Å². The van der Waals surface area contributed by atoms with Crippen LogP contribution >= 0.6 is 11.3 Å². The van der Waals surface area contributed by atoms with Gasteiger partial charge in [-0.15, -0.1) is 11.3 Å². The van der Waals surface area contributed by atoms with E-state index in [1.54, 1.807) is 23.8 Å². The fourth-order valence-corrected chi connectivity index (χ4v) is 4.19. The molecule has 1 fully saturated rings. The van der Waals surface area contributed by atoms with Gasteiger partial charge in [-0.2, -0.15) is 4.98 Å². The van der Waals surface area contributed by atoms with Crippen LogP contribution in [0.5, 0.6) is 5.88 Å². The lowest BCUT2D eigenvalue weighted by Gasteiger charge is -2.22. The molecule has 0 spiro atoms. The van der Waals surface area contributed by atoms with Crippen molar-refractivity contribution in [1.29, 1.82) is 0 Å². The number of hydrogen-bond acceptors (Lipinski definition) is 7. The smallest absolute Gasteiger partial charge is 0.326 e. The predicted molar refractivity (Wildman–Crippen MR) is 118 cm³/mol. The molecule has 3 N–H and O–H groups in total. The molecule has 3 aromatic rings. The number of amides is 2. The fourth-order valence-electron chi connectivity index (χ4n) is 3.43. The van der Waals surface area contributed by atoms with Gasteiger partial charge in [-0.05, 0) is 37.6 Å².